The number of thiophene rings is 1. The van der Waals surface area contributed by atoms with Gasteiger partial charge in [0.25, 0.3) is 5.91 Å². The Morgan fingerprint density at radius 3 is 2.90 bits per heavy atom. The zero-order valence-electron chi connectivity index (χ0n) is 12.2. The normalized spacial score (nSPS) is 11.0. The van der Waals surface area contributed by atoms with E-state index in [1.54, 1.807) is 0 Å². The molecule has 0 aliphatic rings. The van der Waals surface area contributed by atoms with Crippen molar-refractivity contribution in [3.63, 3.8) is 0 Å². The predicted octanol–water partition coefficient (Wildman–Crippen LogP) is 3.82. The molecular formula is C17H18N2OS. The fourth-order valence-corrected chi connectivity index (χ4v) is 3.25. The summed E-state index contributed by atoms with van der Waals surface area (Å²) in [6.07, 6.45) is 0.840. The van der Waals surface area contributed by atoms with E-state index in [-0.39, 0.29) is 5.91 Å². The number of aromatic nitrogens is 1. The van der Waals surface area contributed by atoms with E-state index in [2.05, 4.69) is 42.3 Å². The molecular weight excluding hydrogens is 280 g/mol. The lowest BCUT2D eigenvalue weighted by molar-refractivity contribution is 0.0958. The van der Waals surface area contributed by atoms with Crippen LogP contribution in [0.1, 0.15) is 26.5 Å². The Bertz CT molecular complexity index is 772. The number of amides is 1. The molecule has 0 fully saturated rings. The Kier molecular flexibility index (Phi) is 3.80. The van der Waals surface area contributed by atoms with Gasteiger partial charge in [-0.2, -0.15) is 0 Å². The second-order valence-electron chi connectivity index (χ2n) is 5.26. The van der Waals surface area contributed by atoms with Crippen LogP contribution in [-0.4, -0.2) is 17.4 Å². The van der Waals surface area contributed by atoms with Gasteiger partial charge in [-0.3, -0.25) is 4.79 Å². The summed E-state index contributed by atoms with van der Waals surface area (Å²) in [5, 5.41) is 6.17. The molecule has 0 radical (unpaired) electrons. The lowest BCUT2D eigenvalue weighted by Gasteiger charge is -2.05. The highest BCUT2D eigenvalue weighted by atomic mass is 32.1. The minimum atomic E-state index is 0.0127. The lowest BCUT2D eigenvalue weighted by atomic mass is 10.1. The Morgan fingerprint density at radius 2 is 2.14 bits per heavy atom. The molecule has 0 saturated heterocycles. The molecule has 0 unspecified atom stereocenters. The average Bonchev–Trinajstić information content (AvgIpc) is 3.08. The second kappa shape index (κ2) is 5.74. The number of aromatic amines is 1. The molecule has 4 heteroatoms. The maximum atomic E-state index is 11.9. The van der Waals surface area contributed by atoms with Crippen LogP contribution in [-0.2, 0) is 6.42 Å². The van der Waals surface area contributed by atoms with Gasteiger partial charge in [0, 0.05) is 23.1 Å². The van der Waals surface area contributed by atoms with Gasteiger partial charge < -0.3 is 10.3 Å². The third kappa shape index (κ3) is 2.85. The van der Waals surface area contributed by atoms with Crippen molar-refractivity contribution in [2.24, 2.45) is 0 Å². The summed E-state index contributed by atoms with van der Waals surface area (Å²) in [5.41, 5.74) is 4.89. The summed E-state index contributed by atoms with van der Waals surface area (Å²) in [4.78, 5) is 16.1. The first-order chi connectivity index (χ1) is 10.1. The number of H-pyrrole nitrogens is 1. The highest BCUT2D eigenvalue weighted by molar-refractivity contribution is 7.12. The first kappa shape index (κ1) is 13.9. The van der Waals surface area contributed by atoms with Crippen LogP contribution in [0.25, 0.3) is 10.9 Å². The Labute approximate surface area is 128 Å². The van der Waals surface area contributed by atoms with E-state index in [0.29, 0.717) is 6.54 Å². The number of rotatable bonds is 4. The number of nitrogens with one attached hydrogen (secondary N) is 2. The van der Waals surface area contributed by atoms with Crippen molar-refractivity contribution in [1.82, 2.24) is 10.3 Å². The van der Waals surface area contributed by atoms with Crippen LogP contribution in [0.3, 0.4) is 0 Å². The van der Waals surface area contributed by atoms with Crippen molar-refractivity contribution in [3.8, 4) is 0 Å². The molecule has 0 atom stereocenters. The van der Waals surface area contributed by atoms with E-state index >= 15 is 0 Å². The van der Waals surface area contributed by atoms with Gasteiger partial charge in [0.05, 0.1) is 4.88 Å². The van der Waals surface area contributed by atoms with Crippen molar-refractivity contribution >= 4 is 28.1 Å². The minimum Gasteiger partial charge on any atom is -0.358 e. The molecule has 2 N–H and O–H groups in total. The summed E-state index contributed by atoms with van der Waals surface area (Å²) >= 11 is 1.47. The molecule has 108 valence electrons. The molecule has 3 rings (SSSR count). The first-order valence-electron chi connectivity index (χ1n) is 7.04. The van der Waals surface area contributed by atoms with Crippen LogP contribution >= 0.6 is 11.3 Å². The van der Waals surface area contributed by atoms with Crippen molar-refractivity contribution in [1.29, 1.82) is 0 Å². The summed E-state index contributed by atoms with van der Waals surface area (Å²) in [7, 11) is 0. The van der Waals surface area contributed by atoms with Crippen molar-refractivity contribution in [2.75, 3.05) is 6.54 Å². The quantitative estimate of drug-likeness (QED) is 0.755. The maximum Gasteiger partial charge on any atom is 0.261 e. The molecule has 0 aliphatic carbocycles. The number of carbonyl (C=O) groups excluding carboxylic acids is 1. The third-order valence-corrected chi connectivity index (χ3v) is 4.55. The molecule has 0 aliphatic heterocycles. The summed E-state index contributed by atoms with van der Waals surface area (Å²) in [6, 6.07) is 10.2. The number of benzene rings is 1. The summed E-state index contributed by atoms with van der Waals surface area (Å²) in [5.74, 6) is 0.0127. The van der Waals surface area contributed by atoms with Gasteiger partial charge in [-0.15, -0.1) is 11.3 Å². The molecule has 21 heavy (non-hydrogen) atoms. The Morgan fingerprint density at radius 1 is 1.29 bits per heavy atom. The van der Waals surface area contributed by atoms with Gasteiger partial charge in [-0.1, -0.05) is 17.7 Å². The molecule has 2 aromatic heterocycles. The minimum absolute atomic E-state index is 0.0127. The Balaban J connectivity index is 1.72. The molecule has 0 spiro atoms. The number of hydrogen-bond acceptors (Lipinski definition) is 2. The molecule has 1 aromatic carbocycles. The van der Waals surface area contributed by atoms with E-state index in [4.69, 9.17) is 0 Å². The van der Waals surface area contributed by atoms with E-state index in [0.717, 1.165) is 16.8 Å². The number of hydrogen-bond donors (Lipinski definition) is 2. The highest BCUT2D eigenvalue weighted by Crippen LogP contribution is 2.23. The SMILES string of the molecule is Cc1ccc2[nH]c(C)c(CCNC(=O)c3cccs3)c2c1. The van der Waals surface area contributed by atoms with Gasteiger partial charge in [0.2, 0.25) is 0 Å². The van der Waals surface area contributed by atoms with Crippen LogP contribution in [0.15, 0.2) is 35.7 Å². The van der Waals surface area contributed by atoms with E-state index in [1.165, 1.54) is 33.5 Å². The lowest BCUT2D eigenvalue weighted by Crippen LogP contribution is -2.24. The molecule has 2 heterocycles. The third-order valence-electron chi connectivity index (χ3n) is 3.68. The smallest absolute Gasteiger partial charge is 0.261 e. The van der Waals surface area contributed by atoms with Crippen LogP contribution in [0.2, 0.25) is 0 Å². The summed E-state index contributed by atoms with van der Waals surface area (Å²) in [6.45, 7) is 4.84. The molecule has 3 aromatic rings. The van der Waals surface area contributed by atoms with E-state index in [1.807, 2.05) is 17.5 Å². The number of carbonyl (C=O) groups is 1. The predicted molar refractivity (Wildman–Crippen MR) is 88.1 cm³/mol. The standard InChI is InChI=1S/C17H18N2OS/c1-11-5-6-15-14(10-11)13(12(2)19-15)7-8-18-17(20)16-4-3-9-21-16/h3-6,9-10,19H,7-8H2,1-2H3,(H,18,20). The Hall–Kier alpha value is -2.07. The van der Waals surface area contributed by atoms with Crippen LogP contribution < -0.4 is 5.32 Å². The zero-order valence-corrected chi connectivity index (χ0v) is 13.0. The van der Waals surface area contributed by atoms with Gasteiger partial charge in [0.1, 0.15) is 0 Å². The van der Waals surface area contributed by atoms with Gasteiger partial charge in [-0.25, -0.2) is 0 Å². The van der Waals surface area contributed by atoms with Crippen molar-refractivity contribution in [3.05, 3.63) is 57.4 Å². The maximum absolute atomic E-state index is 11.9. The number of aryl methyl sites for hydroxylation is 2. The van der Waals surface area contributed by atoms with Crippen molar-refractivity contribution < 1.29 is 4.79 Å². The monoisotopic (exact) mass is 298 g/mol. The van der Waals surface area contributed by atoms with Crippen molar-refractivity contribution in [2.45, 2.75) is 20.3 Å². The second-order valence-corrected chi connectivity index (χ2v) is 6.21. The summed E-state index contributed by atoms with van der Waals surface area (Å²) < 4.78 is 0. The number of fused-ring (bicyclic) bond motifs is 1. The highest BCUT2D eigenvalue weighted by Gasteiger charge is 2.10. The average molecular weight is 298 g/mol. The van der Waals surface area contributed by atoms with Crippen LogP contribution in [0.5, 0.6) is 0 Å². The first-order valence-corrected chi connectivity index (χ1v) is 7.92. The van der Waals surface area contributed by atoms with Crippen LogP contribution in [0, 0.1) is 13.8 Å². The fraction of sp³-hybridized carbons (Fsp3) is 0.235. The molecule has 3 nitrogen and oxygen atoms in total. The van der Waals surface area contributed by atoms with Gasteiger partial charge in [-0.05, 0) is 49.4 Å². The molecule has 0 saturated carbocycles. The zero-order chi connectivity index (χ0) is 14.8. The topological polar surface area (TPSA) is 44.9 Å². The largest absolute Gasteiger partial charge is 0.358 e. The van der Waals surface area contributed by atoms with E-state index in [9.17, 15) is 4.79 Å². The van der Waals surface area contributed by atoms with Gasteiger partial charge in [0.15, 0.2) is 0 Å². The molecule has 0 bridgehead atoms. The molecule has 1 amide bonds. The van der Waals surface area contributed by atoms with Crippen LogP contribution in [0.4, 0.5) is 0 Å². The fourth-order valence-electron chi connectivity index (χ4n) is 2.61. The van der Waals surface area contributed by atoms with Gasteiger partial charge >= 0.3 is 0 Å². The van der Waals surface area contributed by atoms with E-state index < -0.39 is 0 Å².